The number of nitrogens with zero attached hydrogens (tertiary/aromatic N) is 1. The molecule has 0 aliphatic rings. The first-order valence-corrected chi connectivity index (χ1v) is 6.29. The number of benzene rings is 1. The number of ether oxygens (including phenoxy) is 1. The van der Waals surface area contributed by atoms with Crippen LogP contribution in [0.15, 0.2) is 34.9 Å². The van der Waals surface area contributed by atoms with Crippen LogP contribution < -0.4 is 10.1 Å². The van der Waals surface area contributed by atoms with E-state index in [-0.39, 0.29) is 12.4 Å². The van der Waals surface area contributed by atoms with Crippen LogP contribution in [0.5, 0.6) is 5.75 Å². The summed E-state index contributed by atoms with van der Waals surface area (Å²) in [7, 11) is 1.75. The lowest BCUT2D eigenvalue weighted by molar-refractivity contribution is 0.284. The number of halogens is 3. The fourth-order valence-corrected chi connectivity index (χ4v) is 1.91. The van der Waals surface area contributed by atoms with Crippen LogP contribution in [0, 0.1) is 11.6 Å². The summed E-state index contributed by atoms with van der Waals surface area (Å²) in [5, 5.41) is 2.89. The van der Waals surface area contributed by atoms with Crippen molar-refractivity contribution in [3.8, 4) is 5.75 Å². The van der Waals surface area contributed by atoms with E-state index in [1.807, 2.05) is 0 Å². The predicted octanol–water partition coefficient (Wildman–Crippen LogP) is 3.74. The molecule has 2 aromatic rings. The van der Waals surface area contributed by atoms with E-state index in [9.17, 15) is 8.78 Å². The molecule has 2 rings (SSSR count). The molecule has 0 fully saturated rings. The zero-order valence-corrected chi connectivity index (χ0v) is 11.7. The van der Waals surface area contributed by atoms with Crippen LogP contribution in [0.1, 0.15) is 5.56 Å². The molecule has 0 aliphatic carbocycles. The first-order valence-electron chi connectivity index (χ1n) is 5.50. The molecule has 0 saturated heterocycles. The lowest BCUT2D eigenvalue weighted by Crippen LogP contribution is -2.01. The average Bonchev–Trinajstić information content (AvgIpc) is 2.41. The average molecular weight is 329 g/mol. The highest BCUT2D eigenvalue weighted by molar-refractivity contribution is 9.10. The molecule has 19 heavy (non-hydrogen) atoms. The van der Waals surface area contributed by atoms with Gasteiger partial charge in [0.25, 0.3) is 0 Å². The van der Waals surface area contributed by atoms with Gasteiger partial charge in [-0.15, -0.1) is 0 Å². The second-order valence-corrected chi connectivity index (χ2v) is 4.70. The van der Waals surface area contributed by atoms with Gasteiger partial charge in [0, 0.05) is 17.7 Å². The maximum atomic E-state index is 13.5. The number of hydrogen-bond donors (Lipinski definition) is 1. The quantitative estimate of drug-likeness (QED) is 0.868. The highest BCUT2D eigenvalue weighted by Crippen LogP contribution is 2.26. The van der Waals surface area contributed by atoms with Crippen LogP contribution in [0.2, 0.25) is 0 Å². The van der Waals surface area contributed by atoms with Crippen molar-refractivity contribution in [3.63, 3.8) is 0 Å². The van der Waals surface area contributed by atoms with Crippen LogP contribution >= 0.6 is 15.9 Å². The summed E-state index contributed by atoms with van der Waals surface area (Å²) >= 11 is 3.09. The summed E-state index contributed by atoms with van der Waals surface area (Å²) in [5.74, 6) is -1.39. The van der Waals surface area contributed by atoms with E-state index < -0.39 is 11.6 Å². The van der Waals surface area contributed by atoms with Crippen molar-refractivity contribution in [2.45, 2.75) is 6.61 Å². The molecule has 0 amide bonds. The summed E-state index contributed by atoms with van der Waals surface area (Å²) < 4.78 is 32.4. The Morgan fingerprint density at radius 2 is 2.11 bits per heavy atom. The maximum absolute atomic E-state index is 13.5. The largest absolute Gasteiger partial charge is 0.486 e. The van der Waals surface area contributed by atoms with Gasteiger partial charge in [-0.2, -0.15) is 4.39 Å². The van der Waals surface area contributed by atoms with Crippen molar-refractivity contribution >= 4 is 21.7 Å². The van der Waals surface area contributed by atoms with E-state index in [2.05, 4.69) is 26.2 Å². The van der Waals surface area contributed by atoms with Gasteiger partial charge in [0.2, 0.25) is 5.82 Å². The fraction of sp³-hybridized carbons (Fsp3) is 0.154. The van der Waals surface area contributed by atoms with E-state index >= 15 is 0 Å². The summed E-state index contributed by atoms with van der Waals surface area (Å²) in [6, 6.07) is 5.95. The zero-order chi connectivity index (χ0) is 13.8. The number of rotatable bonds is 4. The summed E-state index contributed by atoms with van der Waals surface area (Å²) in [4.78, 5) is 4.05. The van der Waals surface area contributed by atoms with Crippen molar-refractivity contribution in [2.75, 3.05) is 12.4 Å². The second-order valence-electron chi connectivity index (χ2n) is 3.79. The van der Waals surface area contributed by atoms with Crippen LogP contribution in [0.3, 0.4) is 0 Å². The summed E-state index contributed by atoms with van der Waals surface area (Å²) in [5.41, 5.74) is 0.805. The molecule has 0 radical (unpaired) electrons. The Balaban J connectivity index is 2.14. The molecule has 0 unspecified atom stereocenters. The monoisotopic (exact) mass is 328 g/mol. The maximum Gasteiger partial charge on any atom is 0.200 e. The van der Waals surface area contributed by atoms with E-state index in [1.54, 1.807) is 25.4 Å². The Kier molecular flexibility index (Phi) is 4.31. The SMILES string of the molecule is CNc1cc(COc2cc(Br)cc(F)c2F)ccn1. The molecule has 0 bridgehead atoms. The normalized spacial score (nSPS) is 10.3. The van der Waals surface area contributed by atoms with Gasteiger partial charge in [-0.25, -0.2) is 9.37 Å². The van der Waals surface area contributed by atoms with E-state index in [1.165, 1.54) is 6.07 Å². The van der Waals surface area contributed by atoms with Gasteiger partial charge in [0.15, 0.2) is 11.6 Å². The van der Waals surface area contributed by atoms with Gasteiger partial charge in [-0.05, 0) is 29.8 Å². The molecule has 3 nitrogen and oxygen atoms in total. The minimum Gasteiger partial charge on any atom is -0.486 e. The fourth-order valence-electron chi connectivity index (χ4n) is 1.50. The number of anilines is 1. The topological polar surface area (TPSA) is 34.1 Å². The Morgan fingerprint density at radius 3 is 2.84 bits per heavy atom. The van der Waals surface area contributed by atoms with Crippen LogP contribution in [-0.4, -0.2) is 12.0 Å². The van der Waals surface area contributed by atoms with Gasteiger partial charge in [-0.3, -0.25) is 0 Å². The minimum atomic E-state index is -0.994. The van der Waals surface area contributed by atoms with Gasteiger partial charge in [0.1, 0.15) is 12.4 Å². The van der Waals surface area contributed by atoms with Crippen molar-refractivity contribution in [1.29, 1.82) is 0 Å². The third-order valence-electron chi connectivity index (χ3n) is 2.43. The van der Waals surface area contributed by atoms with Crippen LogP contribution in [0.4, 0.5) is 14.6 Å². The minimum absolute atomic E-state index is 0.129. The van der Waals surface area contributed by atoms with Crippen molar-refractivity contribution < 1.29 is 13.5 Å². The van der Waals surface area contributed by atoms with Gasteiger partial charge >= 0.3 is 0 Å². The third-order valence-corrected chi connectivity index (χ3v) is 2.89. The smallest absolute Gasteiger partial charge is 0.200 e. The van der Waals surface area contributed by atoms with Gasteiger partial charge in [-0.1, -0.05) is 15.9 Å². The Labute approximate surface area is 117 Å². The Bertz CT molecular complexity index is 593. The van der Waals surface area contributed by atoms with Crippen molar-refractivity contribution in [3.05, 3.63) is 52.1 Å². The number of pyridine rings is 1. The first kappa shape index (κ1) is 13.7. The zero-order valence-electron chi connectivity index (χ0n) is 10.1. The molecule has 1 aromatic heterocycles. The van der Waals surface area contributed by atoms with E-state index in [0.717, 1.165) is 11.6 Å². The Hall–Kier alpha value is -1.69. The molecule has 6 heteroatoms. The number of hydrogen-bond acceptors (Lipinski definition) is 3. The first-order chi connectivity index (χ1) is 9.10. The highest BCUT2D eigenvalue weighted by atomic mass is 79.9. The van der Waals surface area contributed by atoms with Gasteiger partial charge in [0.05, 0.1) is 0 Å². The molecule has 0 saturated carbocycles. The van der Waals surface area contributed by atoms with Gasteiger partial charge < -0.3 is 10.1 Å². The molecule has 1 N–H and O–H groups in total. The van der Waals surface area contributed by atoms with E-state index in [4.69, 9.17) is 4.74 Å². The molecule has 0 aliphatic heterocycles. The van der Waals surface area contributed by atoms with Crippen LogP contribution in [-0.2, 0) is 6.61 Å². The van der Waals surface area contributed by atoms with Crippen molar-refractivity contribution in [1.82, 2.24) is 4.98 Å². The second kappa shape index (κ2) is 5.97. The Morgan fingerprint density at radius 1 is 1.32 bits per heavy atom. The number of aromatic nitrogens is 1. The molecule has 1 heterocycles. The lowest BCUT2D eigenvalue weighted by Gasteiger charge is -2.09. The lowest BCUT2D eigenvalue weighted by atomic mass is 10.2. The highest BCUT2D eigenvalue weighted by Gasteiger charge is 2.11. The van der Waals surface area contributed by atoms with E-state index in [0.29, 0.717) is 10.3 Å². The summed E-state index contributed by atoms with van der Waals surface area (Å²) in [6.45, 7) is 0.129. The van der Waals surface area contributed by atoms with Crippen LogP contribution in [0.25, 0.3) is 0 Å². The molecular weight excluding hydrogens is 318 g/mol. The molecule has 100 valence electrons. The molecule has 0 spiro atoms. The van der Waals surface area contributed by atoms with Crippen molar-refractivity contribution in [2.24, 2.45) is 0 Å². The standard InChI is InChI=1S/C13H11BrF2N2O/c1-17-12-4-8(2-3-18-12)7-19-11-6-9(14)5-10(15)13(11)16/h2-6H,7H2,1H3,(H,17,18). The molecule has 1 aromatic carbocycles. The molecular formula is C13H11BrF2N2O. The summed E-state index contributed by atoms with van der Waals surface area (Å²) in [6.07, 6.45) is 1.61. The number of nitrogens with one attached hydrogen (secondary N) is 1. The third kappa shape index (κ3) is 3.41. The predicted molar refractivity (Wildman–Crippen MR) is 72.2 cm³/mol. The molecule has 0 atom stereocenters.